The number of ether oxygens (including phenoxy) is 1. The molecule has 0 bridgehead atoms. The molecule has 0 aliphatic carbocycles. The lowest BCUT2D eigenvalue weighted by atomic mass is 9.84. The van der Waals surface area contributed by atoms with E-state index in [1.807, 2.05) is 19.2 Å². The van der Waals surface area contributed by atoms with Crippen LogP contribution in [0.15, 0.2) is 24.3 Å². The Morgan fingerprint density at radius 2 is 2.17 bits per heavy atom. The molecule has 1 heterocycles. The number of halogens is 1. The van der Waals surface area contributed by atoms with Crippen molar-refractivity contribution in [3.8, 4) is 0 Å². The molecule has 0 spiro atoms. The summed E-state index contributed by atoms with van der Waals surface area (Å²) in [6, 6.07) is 7.13. The zero-order valence-electron chi connectivity index (χ0n) is 11.2. The first kappa shape index (κ1) is 13.5. The summed E-state index contributed by atoms with van der Waals surface area (Å²) >= 11 is 0. The van der Waals surface area contributed by atoms with Crippen LogP contribution in [0.3, 0.4) is 0 Å². The monoisotopic (exact) mass is 251 g/mol. The van der Waals surface area contributed by atoms with Crippen molar-refractivity contribution >= 4 is 0 Å². The van der Waals surface area contributed by atoms with E-state index in [9.17, 15) is 4.39 Å². The van der Waals surface area contributed by atoms with Crippen LogP contribution in [0.2, 0.25) is 0 Å². The van der Waals surface area contributed by atoms with E-state index < -0.39 is 0 Å². The van der Waals surface area contributed by atoms with Gasteiger partial charge in [-0.15, -0.1) is 0 Å². The molecule has 1 saturated heterocycles. The number of benzene rings is 1. The van der Waals surface area contributed by atoms with Crippen LogP contribution < -0.4 is 5.32 Å². The molecule has 3 heteroatoms. The summed E-state index contributed by atoms with van der Waals surface area (Å²) in [6.45, 7) is 2.94. The molecule has 0 aromatic heterocycles. The second kappa shape index (κ2) is 5.81. The number of nitrogens with one attached hydrogen (secondary N) is 1. The van der Waals surface area contributed by atoms with Crippen LogP contribution in [-0.4, -0.2) is 25.3 Å². The van der Waals surface area contributed by atoms with Crippen LogP contribution in [0.4, 0.5) is 4.39 Å². The maximum Gasteiger partial charge on any atom is 0.126 e. The molecule has 1 aromatic carbocycles. The third-order valence-electron chi connectivity index (χ3n) is 3.97. The quantitative estimate of drug-likeness (QED) is 0.888. The molecule has 1 aliphatic heterocycles. The van der Waals surface area contributed by atoms with Gasteiger partial charge < -0.3 is 10.1 Å². The second-order valence-corrected chi connectivity index (χ2v) is 5.26. The maximum absolute atomic E-state index is 13.7. The van der Waals surface area contributed by atoms with Gasteiger partial charge >= 0.3 is 0 Å². The molecule has 0 saturated carbocycles. The van der Waals surface area contributed by atoms with Crippen molar-refractivity contribution in [2.45, 2.75) is 44.2 Å². The topological polar surface area (TPSA) is 21.3 Å². The van der Waals surface area contributed by atoms with E-state index in [0.29, 0.717) is 6.42 Å². The third kappa shape index (κ3) is 2.90. The molecule has 0 radical (unpaired) electrons. The minimum Gasteiger partial charge on any atom is -0.374 e. The fraction of sp³-hybridized carbons (Fsp3) is 0.600. The molecule has 1 aromatic rings. The van der Waals surface area contributed by atoms with E-state index in [4.69, 9.17) is 4.74 Å². The minimum absolute atomic E-state index is 0.128. The van der Waals surface area contributed by atoms with Crippen LogP contribution in [0.1, 0.15) is 31.7 Å². The van der Waals surface area contributed by atoms with Crippen molar-refractivity contribution in [1.29, 1.82) is 0 Å². The Morgan fingerprint density at radius 3 is 2.78 bits per heavy atom. The van der Waals surface area contributed by atoms with Gasteiger partial charge in [0.2, 0.25) is 0 Å². The summed E-state index contributed by atoms with van der Waals surface area (Å²) < 4.78 is 19.7. The van der Waals surface area contributed by atoms with Gasteiger partial charge in [0, 0.05) is 12.6 Å². The van der Waals surface area contributed by atoms with Crippen molar-refractivity contribution < 1.29 is 9.13 Å². The standard InChI is InChI=1S/C15H22FNO/c1-15(9-5-6-10-18-15)14(17-2)11-12-7-3-4-8-13(12)16/h3-4,7-8,14,17H,5-6,9-11H2,1-2H3. The molecule has 100 valence electrons. The lowest BCUT2D eigenvalue weighted by molar-refractivity contribution is -0.0871. The van der Waals surface area contributed by atoms with Crippen LogP contribution in [0, 0.1) is 5.82 Å². The van der Waals surface area contributed by atoms with Crippen molar-refractivity contribution in [1.82, 2.24) is 5.32 Å². The molecule has 18 heavy (non-hydrogen) atoms. The summed E-state index contributed by atoms with van der Waals surface area (Å²) in [6.07, 6.45) is 4.02. The van der Waals surface area contributed by atoms with Gasteiger partial charge in [0.15, 0.2) is 0 Å². The van der Waals surface area contributed by atoms with Crippen LogP contribution in [-0.2, 0) is 11.2 Å². The van der Waals surface area contributed by atoms with Gasteiger partial charge in [-0.1, -0.05) is 18.2 Å². The van der Waals surface area contributed by atoms with E-state index >= 15 is 0 Å². The average molecular weight is 251 g/mol. The Bertz CT molecular complexity index is 388. The van der Waals surface area contributed by atoms with Crippen LogP contribution >= 0.6 is 0 Å². The molecular formula is C15H22FNO. The predicted molar refractivity (Wildman–Crippen MR) is 71.2 cm³/mol. The number of rotatable bonds is 4. The second-order valence-electron chi connectivity index (χ2n) is 5.26. The lowest BCUT2D eigenvalue weighted by Gasteiger charge is -2.40. The highest BCUT2D eigenvalue weighted by molar-refractivity contribution is 5.19. The highest BCUT2D eigenvalue weighted by Gasteiger charge is 2.36. The highest BCUT2D eigenvalue weighted by atomic mass is 19.1. The number of hydrogen-bond donors (Lipinski definition) is 1. The van der Waals surface area contributed by atoms with Crippen LogP contribution in [0.5, 0.6) is 0 Å². The largest absolute Gasteiger partial charge is 0.374 e. The Hall–Kier alpha value is -0.930. The molecule has 1 fully saturated rings. The normalized spacial score (nSPS) is 25.9. The summed E-state index contributed by atoms with van der Waals surface area (Å²) in [4.78, 5) is 0. The summed E-state index contributed by atoms with van der Waals surface area (Å²) in [5.41, 5.74) is 0.571. The summed E-state index contributed by atoms with van der Waals surface area (Å²) in [5.74, 6) is -0.128. The summed E-state index contributed by atoms with van der Waals surface area (Å²) in [7, 11) is 1.93. The van der Waals surface area contributed by atoms with E-state index in [2.05, 4.69) is 12.2 Å². The first-order valence-corrected chi connectivity index (χ1v) is 6.70. The van der Waals surface area contributed by atoms with E-state index in [1.54, 1.807) is 6.07 Å². The first-order chi connectivity index (χ1) is 8.65. The van der Waals surface area contributed by atoms with Crippen LogP contribution in [0.25, 0.3) is 0 Å². The molecule has 0 amide bonds. The molecule has 2 rings (SSSR count). The Morgan fingerprint density at radius 1 is 1.39 bits per heavy atom. The molecule has 2 nitrogen and oxygen atoms in total. The number of likely N-dealkylation sites (N-methyl/N-ethyl adjacent to an activating group) is 1. The van der Waals surface area contributed by atoms with Crippen molar-refractivity contribution in [2.75, 3.05) is 13.7 Å². The molecule has 1 aliphatic rings. The zero-order chi connectivity index (χ0) is 13.0. The van der Waals surface area contributed by atoms with Crippen molar-refractivity contribution in [3.05, 3.63) is 35.6 Å². The fourth-order valence-corrected chi connectivity index (χ4v) is 2.74. The van der Waals surface area contributed by atoms with E-state index in [0.717, 1.165) is 25.0 Å². The van der Waals surface area contributed by atoms with E-state index in [-0.39, 0.29) is 17.5 Å². The van der Waals surface area contributed by atoms with Gasteiger partial charge in [0.1, 0.15) is 5.82 Å². The fourth-order valence-electron chi connectivity index (χ4n) is 2.74. The molecule has 1 N–H and O–H groups in total. The first-order valence-electron chi connectivity index (χ1n) is 6.70. The zero-order valence-corrected chi connectivity index (χ0v) is 11.2. The SMILES string of the molecule is CNC(Cc1ccccc1F)C1(C)CCCCO1. The lowest BCUT2D eigenvalue weighted by Crippen LogP contribution is -2.52. The number of hydrogen-bond acceptors (Lipinski definition) is 2. The van der Waals surface area contributed by atoms with Gasteiger partial charge in [-0.3, -0.25) is 0 Å². The minimum atomic E-state index is -0.185. The van der Waals surface area contributed by atoms with E-state index in [1.165, 1.54) is 12.5 Å². The third-order valence-corrected chi connectivity index (χ3v) is 3.97. The Balaban J connectivity index is 2.11. The molecule has 2 unspecified atom stereocenters. The Kier molecular flexibility index (Phi) is 4.36. The van der Waals surface area contributed by atoms with Crippen molar-refractivity contribution in [2.24, 2.45) is 0 Å². The van der Waals surface area contributed by atoms with Gasteiger partial charge in [0.05, 0.1) is 5.60 Å². The maximum atomic E-state index is 13.7. The smallest absolute Gasteiger partial charge is 0.126 e. The van der Waals surface area contributed by atoms with Gasteiger partial charge in [-0.25, -0.2) is 4.39 Å². The molecule has 2 atom stereocenters. The van der Waals surface area contributed by atoms with Crippen molar-refractivity contribution in [3.63, 3.8) is 0 Å². The van der Waals surface area contributed by atoms with Gasteiger partial charge in [-0.05, 0) is 51.3 Å². The highest BCUT2D eigenvalue weighted by Crippen LogP contribution is 2.29. The molecular weight excluding hydrogens is 229 g/mol. The average Bonchev–Trinajstić information content (AvgIpc) is 2.38. The summed E-state index contributed by atoms with van der Waals surface area (Å²) in [5, 5.41) is 3.30. The predicted octanol–water partition coefficient (Wildman–Crippen LogP) is 2.92. The van der Waals surface area contributed by atoms with Gasteiger partial charge in [0.25, 0.3) is 0 Å². The Labute approximate surface area is 109 Å². The van der Waals surface area contributed by atoms with Gasteiger partial charge in [-0.2, -0.15) is 0 Å².